The van der Waals surface area contributed by atoms with E-state index < -0.39 is 0 Å². The van der Waals surface area contributed by atoms with E-state index in [0.717, 1.165) is 30.5 Å². The number of aryl methyl sites for hydroxylation is 1. The van der Waals surface area contributed by atoms with Gasteiger partial charge >= 0.3 is 0 Å². The van der Waals surface area contributed by atoms with Gasteiger partial charge in [0.1, 0.15) is 0 Å². The molecule has 0 aliphatic rings. The van der Waals surface area contributed by atoms with Gasteiger partial charge in [0.25, 0.3) is 0 Å². The molecule has 0 aliphatic heterocycles. The van der Waals surface area contributed by atoms with Crippen molar-refractivity contribution in [2.75, 3.05) is 18.5 Å². The van der Waals surface area contributed by atoms with Gasteiger partial charge in [-0.3, -0.25) is 0 Å². The Bertz CT molecular complexity index is 504. The van der Waals surface area contributed by atoms with E-state index >= 15 is 0 Å². The minimum Gasteiger partial charge on any atom is -0.347 e. The number of anilines is 1. The quantitative estimate of drug-likeness (QED) is 0.877. The van der Waals surface area contributed by atoms with Crippen LogP contribution in [-0.4, -0.2) is 18.6 Å². The SMILES string of the molecule is CCNCc1csc(N(C)Cc2ccc(C)cc2)n1. The van der Waals surface area contributed by atoms with E-state index in [9.17, 15) is 0 Å². The van der Waals surface area contributed by atoms with E-state index in [0.29, 0.717) is 0 Å². The normalized spacial score (nSPS) is 10.7. The third-order valence-electron chi connectivity index (χ3n) is 2.96. The summed E-state index contributed by atoms with van der Waals surface area (Å²) in [7, 11) is 2.09. The molecule has 0 fully saturated rings. The first kappa shape index (κ1) is 14.0. The van der Waals surface area contributed by atoms with E-state index in [2.05, 4.69) is 65.7 Å². The summed E-state index contributed by atoms with van der Waals surface area (Å²) in [4.78, 5) is 6.84. The highest BCUT2D eigenvalue weighted by atomic mass is 32.1. The van der Waals surface area contributed by atoms with Crippen LogP contribution in [0.4, 0.5) is 5.13 Å². The summed E-state index contributed by atoms with van der Waals surface area (Å²) in [5.41, 5.74) is 3.74. The molecule has 0 radical (unpaired) electrons. The van der Waals surface area contributed by atoms with Gasteiger partial charge in [-0.2, -0.15) is 0 Å². The van der Waals surface area contributed by atoms with Gasteiger partial charge in [-0.25, -0.2) is 4.98 Å². The lowest BCUT2D eigenvalue weighted by molar-refractivity contribution is 0.713. The fraction of sp³-hybridized carbons (Fsp3) is 0.400. The predicted molar refractivity (Wildman–Crippen MR) is 82.8 cm³/mol. The highest BCUT2D eigenvalue weighted by Gasteiger charge is 2.07. The number of hydrogen-bond donors (Lipinski definition) is 1. The van der Waals surface area contributed by atoms with Crippen LogP contribution in [0.25, 0.3) is 0 Å². The second-order valence-electron chi connectivity index (χ2n) is 4.74. The van der Waals surface area contributed by atoms with Gasteiger partial charge in [-0.05, 0) is 19.0 Å². The van der Waals surface area contributed by atoms with Crippen molar-refractivity contribution in [3.8, 4) is 0 Å². The molecular weight excluding hydrogens is 254 g/mol. The van der Waals surface area contributed by atoms with E-state index in [4.69, 9.17) is 0 Å². The van der Waals surface area contributed by atoms with Gasteiger partial charge in [0.2, 0.25) is 0 Å². The highest BCUT2D eigenvalue weighted by Crippen LogP contribution is 2.21. The molecule has 0 saturated carbocycles. The van der Waals surface area contributed by atoms with Crippen LogP contribution >= 0.6 is 11.3 Å². The highest BCUT2D eigenvalue weighted by molar-refractivity contribution is 7.13. The van der Waals surface area contributed by atoms with Crippen molar-refractivity contribution in [1.29, 1.82) is 0 Å². The lowest BCUT2D eigenvalue weighted by atomic mass is 10.1. The Balaban J connectivity index is 1.97. The molecule has 19 heavy (non-hydrogen) atoms. The van der Waals surface area contributed by atoms with Crippen molar-refractivity contribution < 1.29 is 0 Å². The van der Waals surface area contributed by atoms with Gasteiger partial charge in [0.15, 0.2) is 5.13 Å². The van der Waals surface area contributed by atoms with Gasteiger partial charge in [-0.1, -0.05) is 36.8 Å². The monoisotopic (exact) mass is 275 g/mol. The molecule has 0 amide bonds. The number of benzene rings is 1. The smallest absolute Gasteiger partial charge is 0.185 e. The zero-order valence-electron chi connectivity index (χ0n) is 11.8. The molecule has 2 rings (SSSR count). The standard InChI is InChI=1S/C15H21N3S/c1-4-16-9-14-11-19-15(17-14)18(3)10-13-7-5-12(2)6-8-13/h5-8,11,16H,4,9-10H2,1-3H3. The van der Waals surface area contributed by atoms with Crippen LogP contribution in [0.5, 0.6) is 0 Å². The number of nitrogens with zero attached hydrogens (tertiary/aromatic N) is 2. The average molecular weight is 275 g/mol. The van der Waals surface area contributed by atoms with Gasteiger partial charge in [0.05, 0.1) is 5.69 Å². The third-order valence-corrected chi connectivity index (χ3v) is 3.97. The molecule has 1 heterocycles. The van der Waals surface area contributed by atoms with Crippen LogP contribution in [0.1, 0.15) is 23.7 Å². The van der Waals surface area contributed by atoms with Crippen molar-refractivity contribution in [3.05, 3.63) is 46.5 Å². The minimum atomic E-state index is 0.853. The van der Waals surface area contributed by atoms with Crippen molar-refractivity contribution in [1.82, 2.24) is 10.3 Å². The molecule has 0 unspecified atom stereocenters. The van der Waals surface area contributed by atoms with Crippen LogP contribution < -0.4 is 10.2 Å². The summed E-state index contributed by atoms with van der Waals surface area (Å²) in [6.45, 7) is 6.95. The summed E-state index contributed by atoms with van der Waals surface area (Å²) in [6, 6.07) is 8.67. The second kappa shape index (κ2) is 6.68. The topological polar surface area (TPSA) is 28.2 Å². The fourth-order valence-corrected chi connectivity index (χ4v) is 2.63. The largest absolute Gasteiger partial charge is 0.347 e. The van der Waals surface area contributed by atoms with Crippen LogP contribution in [0, 0.1) is 6.92 Å². The number of aromatic nitrogens is 1. The van der Waals surface area contributed by atoms with Crippen molar-refractivity contribution in [2.24, 2.45) is 0 Å². The molecule has 2 aromatic rings. The molecule has 1 aromatic carbocycles. The summed E-state index contributed by atoms with van der Waals surface area (Å²) in [6.07, 6.45) is 0. The molecule has 0 bridgehead atoms. The summed E-state index contributed by atoms with van der Waals surface area (Å²) < 4.78 is 0. The number of hydrogen-bond acceptors (Lipinski definition) is 4. The van der Waals surface area contributed by atoms with Crippen LogP contribution in [0.3, 0.4) is 0 Å². The maximum Gasteiger partial charge on any atom is 0.185 e. The van der Waals surface area contributed by atoms with E-state index in [1.54, 1.807) is 11.3 Å². The summed E-state index contributed by atoms with van der Waals surface area (Å²) in [5, 5.41) is 6.50. The molecule has 1 N–H and O–H groups in total. The number of thiazole rings is 1. The van der Waals surface area contributed by atoms with E-state index in [1.807, 2.05) is 0 Å². The maximum absolute atomic E-state index is 4.64. The summed E-state index contributed by atoms with van der Waals surface area (Å²) >= 11 is 1.71. The van der Waals surface area contributed by atoms with Gasteiger partial charge in [0, 0.05) is 25.5 Å². The van der Waals surface area contributed by atoms with Crippen LogP contribution in [0.15, 0.2) is 29.6 Å². The van der Waals surface area contributed by atoms with E-state index in [-0.39, 0.29) is 0 Å². The lowest BCUT2D eigenvalue weighted by Crippen LogP contribution is -2.17. The Morgan fingerprint density at radius 2 is 2.00 bits per heavy atom. The lowest BCUT2D eigenvalue weighted by Gasteiger charge is -2.15. The molecule has 102 valence electrons. The average Bonchev–Trinajstić information content (AvgIpc) is 2.88. The molecule has 3 nitrogen and oxygen atoms in total. The maximum atomic E-state index is 4.64. The molecule has 4 heteroatoms. The third kappa shape index (κ3) is 4.04. The minimum absolute atomic E-state index is 0.853. The molecule has 0 spiro atoms. The number of nitrogens with one attached hydrogen (secondary N) is 1. The zero-order valence-corrected chi connectivity index (χ0v) is 12.6. The molecule has 0 saturated heterocycles. The van der Waals surface area contributed by atoms with E-state index in [1.165, 1.54) is 11.1 Å². The molecular formula is C15H21N3S. The zero-order chi connectivity index (χ0) is 13.7. The first-order valence-electron chi connectivity index (χ1n) is 6.61. The first-order chi connectivity index (χ1) is 9.19. The van der Waals surface area contributed by atoms with Crippen LogP contribution in [-0.2, 0) is 13.1 Å². The Hall–Kier alpha value is -1.39. The second-order valence-corrected chi connectivity index (χ2v) is 5.58. The Morgan fingerprint density at radius 1 is 1.26 bits per heavy atom. The number of rotatable bonds is 6. The molecule has 0 atom stereocenters. The van der Waals surface area contributed by atoms with Gasteiger partial charge < -0.3 is 10.2 Å². The van der Waals surface area contributed by atoms with Crippen molar-refractivity contribution in [2.45, 2.75) is 26.9 Å². The molecule has 1 aromatic heterocycles. The fourth-order valence-electron chi connectivity index (χ4n) is 1.84. The van der Waals surface area contributed by atoms with Crippen molar-refractivity contribution >= 4 is 16.5 Å². The Labute approximate surface area is 119 Å². The predicted octanol–water partition coefficient (Wildman–Crippen LogP) is 3.20. The van der Waals surface area contributed by atoms with Crippen LogP contribution in [0.2, 0.25) is 0 Å². The summed E-state index contributed by atoms with van der Waals surface area (Å²) in [5.74, 6) is 0. The van der Waals surface area contributed by atoms with Crippen molar-refractivity contribution in [3.63, 3.8) is 0 Å². The molecule has 0 aliphatic carbocycles. The van der Waals surface area contributed by atoms with Gasteiger partial charge in [-0.15, -0.1) is 11.3 Å². The first-order valence-corrected chi connectivity index (χ1v) is 7.49. The Kier molecular flexibility index (Phi) is 4.93. The Morgan fingerprint density at radius 3 is 2.68 bits per heavy atom.